The van der Waals surface area contributed by atoms with Crippen LogP contribution in [0.2, 0.25) is 0 Å². The van der Waals surface area contributed by atoms with Crippen LogP contribution in [0.5, 0.6) is 0 Å². The number of nitrogens with one attached hydrogen (secondary N) is 4. The van der Waals surface area contributed by atoms with Crippen LogP contribution in [-0.4, -0.2) is 58.6 Å². The van der Waals surface area contributed by atoms with Gasteiger partial charge in [0.1, 0.15) is 17.8 Å². The second-order valence-corrected chi connectivity index (χ2v) is 12.1. The smallest absolute Gasteiger partial charge is 0.274 e. The van der Waals surface area contributed by atoms with Crippen LogP contribution in [0.25, 0.3) is 10.8 Å². The highest BCUT2D eigenvalue weighted by Gasteiger charge is 2.33. The maximum Gasteiger partial charge on any atom is 0.274 e. The summed E-state index contributed by atoms with van der Waals surface area (Å²) >= 11 is 3.96. The number of hydrogen-bond acceptors (Lipinski definition) is 7. The molecule has 12 heteroatoms. The molecular weight excluding hydrogens is 582 g/mol. The number of aromatic nitrogens is 1. The number of hydrogen-bond donors (Lipinski definition) is 5. The van der Waals surface area contributed by atoms with Gasteiger partial charge in [-0.1, -0.05) is 61.5 Å². The minimum atomic E-state index is -1.07. The first-order chi connectivity index (χ1) is 21.0. The Bertz CT molecular complexity index is 1520. The predicted octanol–water partition coefficient (Wildman–Crippen LogP) is 2.87. The van der Waals surface area contributed by atoms with Gasteiger partial charge in [0.15, 0.2) is 5.69 Å². The number of fused-ring (bicyclic) bond motifs is 1. The predicted molar refractivity (Wildman–Crippen MR) is 168 cm³/mol. The molecule has 0 unspecified atom stereocenters. The molecule has 2 aromatic carbocycles. The summed E-state index contributed by atoms with van der Waals surface area (Å²) in [7, 11) is 0. The zero-order valence-electron chi connectivity index (χ0n) is 25.1. The number of benzene rings is 2. The molecule has 44 heavy (non-hydrogen) atoms. The molecule has 0 aliphatic carbocycles. The van der Waals surface area contributed by atoms with Crippen molar-refractivity contribution in [1.82, 2.24) is 26.4 Å². The van der Waals surface area contributed by atoms with Crippen molar-refractivity contribution in [2.24, 2.45) is 11.8 Å². The monoisotopic (exact) mass is 621 g/mol. The summed E-state index contributed by atoms with van der Waals surface area (Å²) in [6.07, 6.45) is 1.90. The highest BCUT2D eigenvalue weighted by molar-refractivity contribution is 7.96. The molecule has 11 nitrogen and oxygen atoms in total. The standard InChI is InChI=1S/C32H39N5O6S/c1-18(2)14-24(29(39)36-27(32(42)44)17-22-11-7-13-33-28(22)38)34-30(40)25(35-31(41)26-15-19(3)43-37-26)16-21-10-6-9-20-8-4-5-12-23(20)21/h4-6,8-10,12,15,18,22,24-25,27H,7,11,13-14,16-17H2,1-3H3,(H,33,38)(H,34,40)(H,35,41)(H,36,39)(H,42,44)/t22-,24-,25-,27-/m0/s1. The lowest BCUT2D eigenvalue weighted by atomic mass is 9.91. The highest BCUT2D eigenvalue weighted by atomic mass is 32.1. The quantitative estimate of drug-likeness (QED) is 0.184. The van der Waals surface area contributed by atoms with Crippen molar-refractivity contribution < 1.29 is 28.5 Å². The number of carbonyl (C=O) groups excluding carboxylic acids is 5. The van der Waals surface area contributed by atoms with Crippen molar-refractivity contribution in [3.05, 3.63) is 65.5 Å². The first-order valence-electron chi connectivity index (χ1n) is 14.8. The van der Waals surface area contributed by atoms with Crippen LogP contribution < -0.4 is 21.3 Å². The average Bonchev–Trinajstić information content (AvgIpc) is 3.43. The van der Waals surface area contributed by atoms with Crippen LogP contribution in [0, 0.1) is 18.8 Å². The van der Waals surface area contributed by atoms with Gasteiger partial charge in [0.25, 0.3) is 5.91 Å². The fourth-order valence-corrected chi connectivity index (χ4v) is 5.59. The fraction of sp³-hybridized carbons (Fsp3) is 0.438. The zero-order chi connectivity index (χ0) is 31.8. The van der Waals surface area contributed by atoms with Crippen molar-refractivity contribution in [2.75, 3.05) is 6.54 Å². The number of thiol groups is 1. The molecule has 1 aliphatic rings. The van der Waals surface area contributed by atoms with Crippen LogP contribution in [0.1, 0.15) is 61.3 Å². The normalized spacial score (nSPS) is 16.9. The molecular formula is C32H39N5O6S. The van der Waals surface area contributed by atoms with E-state index in [1.165, 1.54) is 6.07 Å². The van der Waals surface area contributed by atoms with Gasteiger partial charge in [-0.15, -0.1) is 12.6 Å². The molecule has 234 valence electrons. The van der Waals surface area contributed by atoms with E-state index in [0.29, 0.717) is 18.7 Å². The Morgan fingerprint density at radius 2 is 1.70 bits per heavy atom. The lowest BCUT2D eigenvalue weighted by Gasteiger charge is -2.28. The Morgan fingerprint density at radius 3 is 2.39 bits per heavy atom. The SMILES string of the molecule is Cc1cc(C(=O)N[C@@H](Cc2cccc3ccccc23)C(=O)N[C@@H](CC(C)C)C(=O)N[C@@H](C[C@@H]2CCCNC2=O)C(=O)S)no1. The number of nitrogens with zero attached hydrogens (tertiary/aromatic N) is 1. The third kappa shape index (κ3) is 8.68. The molecule has 1 fully saturated rings. The van der Waals surface area contributed by atoms with Gasteiger partial charge in [0.05, 0.1) is 6.04 Å². The summed E-state index contributed by atoms with van der Waals surface area (Å²) in [5.74, 6) is -1.89. The summed E-state index contributed by atoms with van der Waals surface area (Å²) in [6.45, 7) is 6.05. The van der Waals surface area contributed by atoms with Crippen molar-refractivity contribution in [3.63, 3.8) is 0 Å². The van der Waals surface area contributed by atoms with Gasteiger partial charge >= 0.3 is 0 Å². The molecule has 0 spiro atoms. The van der Waals surface area contributed by atoms with Crippen LogP contribution in [-0.2, 0) is 25.6 Å². The van der Waals surface area contributed by atoms with Gasteiger partial charge in [-0.05, 0) is 54.9 Å². The van der Waals surface area contributed by atoms with Gasteiger partial charge in [-0.2, -0.15) is 0 Å². The van der Waals surface area contributed by atoms with E-state index in [1.54, 1.807) is 6.92 Å². The molecule has 4 amide bonds. The Labute approximate surface area is 261 Å². The lowest BCUT2D eigenvalue weighted by Crippen LogP contribution is -2.56. The van der Waals surface area contributed by atoms with Gasteiger partial charge in [-0.3, -0.25) is 24.0 Å². The fourth-order valence-electron chi connectivity index (χ4n) is 5.42. The minimum Gasteiger partial charge on any atom is -0.361 e. The third-order valence-corrected chi connectivity index (χ3v) is 7.97. The first kappa shape index (κ1) is 32.7. The average molecular weight is 622 g/mol. The van der Waals surface area contributed by atoms with Crippen LogP contribution in [0.3, 0.4) is 0 Å². The second-order valence-electron chi connectivity index (χ2n) is 11.6. The summed E-state index contributed by atoms with van der Waals surface area (Å²) in [5.41, 5.74) is 0.854. The summed E-state index contributed by atoms with van der Waals surface area (Å²) in [6, 6.07) is 11.8. The minimum absolute atomic E-state index is 0.00420. The lowest BCUT2D eigenvalue weighted by molar-refractivity contribution is -0.132. The Hall–Kier alpha value is -4.19. The summed E-state index contributed by atoms with van der Waals surface area (Å²) in [5, 5.41) is 16.2. The molecule has 0 saturated carbocycles. The van der Waals surface area contributed by atoms with Gasteiger partial charge in [0.2, 0.25) is 22.8 Å². The van der Waals surface area contributed by atoms with Crippen molar-refractivity contribution in [1.29, 1.82) is 0 Å². The van der Waals surface area contributed by atoms with Crippen LogP contribution in [0.15, 0.2) is 53.1 Å². The summed E-state index contributed by atoms with van der Waals surface area (Å²) < 4.78 is 5.04. The number of aryl methyl sites for hydroxylation is 1. The molecule has 3 aromatic rings. The second kappa shape index (κ2) is 15.0. The van der Waals surface area contributed by atoms with E-state index in [4.69, 9.17) is 4.52 Å². The third-order valence-electron chi connectivity index (χ3n) is 7.66. The molecule has 2 heterocycles. The summed E-state index contributed by atoms with van der Waals surface area (Å²) in [4.78, 5) is 65.1. The highest BCUT2D eigenvalue weighted by Crippen LogP contribution is 2.21. The van der Waals surface area contributed by atoms with E-state index < -0.39 is 46.9 Å². The molecule has 0 radical (unpaired) electrons. The van der Waals surface area contributed by atoms with E-state index in [-0.39, 0.29) is 36.8 Å². The van der Waals surface area contributed by atoms with Gasteiger partial charge in [0, 0.05) is 24.9 Å². The molecule has 1 aliphatic heterocycles. The molecule has 4 atom stereocenters. The Morgan fingerprint density at radius 1 is 1.00 bits per heavy atom. The topological polar surface area (TPSA) is 160 Å². The molecule has 1 saturated heterocycles. The van der Waals surface area contributed by atoms with Gasteiger partial charge < -0.3 is 25.8 Å². The first-order valence-corrected chi connectivity index (χ1v) is 15.3. The van der Waals surface area contributed by atoms with Crippen molar-refractivity contribution >= 4 is 52.1 Å². The van der Waals surface area contributed by atoms with E-state index in [1.807, 2.05) is 56.3 Å². The van der Waals surface area contributed by atoms with Crippen molar-refractivity contribution in [2.45, 2.75) is 71.0 Å². The number of carbonyl (C=O) groups is 5. The number of piperidine rings is 1. The largest absolute Gasteiger partial charge is 0.361 e. The van der Waals surface area contributed by atoms with Crippen molar-refractivity contribution in [3.8, 4) is 0 Å². The zero-order valence-corrected chi connectivity index (χ0v) is 26.0. The van der Waals surface area contributed by atoms with E-state index >= 15 is 0 Å². The van der Waals surface area contributed by atoms with E-state index in [2.05, 4.69) is 39.1 Å². The molecule has 1 aromatic heterocycles. The van der Waals surface area contributed by atoms with Crippen LogP contribution >= 0.6 is 12.6 Å². The van der Waals surface area contributed by atoms with Gasteiger partial charge in [-0.25, -0.2) is 0 Å². The van der Waals surface area contributed by atoms with Crippen LogP contribution in [0.4, 0.5) is 0 Å². The Balaban J connectivity index is 1.55. The molecule has 4 rings (SSSR count). The maximum atomic E-state index is 13.8. The molecule has 4 N–H and O–H groups in total. The maximum absolute atomic E-state index is 13.8. The molecule has 0 bridgehead atoms. The number of amides is 4. The Kier molecular flexibility index (Phi) is 11.2. The van der Waals surface area contributed by atoms with E-state index in [0.717, 1.165) is 22.8 Å². The number of rotatable bonds is 13. The van der Waals surface area contributed by atoms with E-state index in [9.17, 15) is 24.0 Å².